The van der Waals surface area contributed by atoms with Gasteiger partial charge in [0.05, 0.1) is 5.02 Å². The van der Waals surface area contributed by atoms with Crippen LogP contribution in [0.25, 0.3) is 0 Å². The molecule has 0 spiro atoms. The summed E-state index contributed by atoms with van der Waals surface area (Å²) in [6.07, 6.45) is 2.03. The van der Waals surface area contributed by atoms with E-state index in [0.29, 0.717) is 5.92 Å². The standard InChI is InChI=1S/C12H17ClN2O2S/c1-12(8-14,9-6-7-9)15-18(16,17)11-5-3-2-4-10(11)13/h2-5,9,15H,6-8,14H2,1H3. The minimum Gasteiger partial charge on any atom is -0.329 e. The maximum Gasteiger partial charge on any atom is 0.242 e. The van der Waals surface area contributed by atoms with Gasteiger partial charge in [0.15, 0.2) is 0 Å². The van der Waals surface area contributed by atoms with Crippen molar-refractivity contribution >= 4 is 21.6 Å². The molecule has 0 radical (unpaired) electrons. The van der Waals surface area contributed by atoms with Crippen molar-refractivity contribution in [3.8, 4) is 0 Å². The highest BCUT2D eigenvalue weighted by Crippen LogP contribution is 2.40. The van der Waals surface area contributed by atoms with Crippen molar-refractivity contribution in [2.24, 2.45) is 11.7 Å². The summed E-state index contributed by atoms with van der Waals surface area (Å²) in [5.74, 6) is 0.319. The minimum absolute atomic E-state index is 0.104. The molecule has 1 aromatic carbocycles. The Hall–Kier alpha value is -0.620. The third-order valence-corrected chi connectivity index (χ3v) is 5.51. The van der Waals surface area contributed by atoms with Crippen molar-refractivity contribution < 1.29 is 8.42 Å². The highest BCUT2D eigenvalue weighted by molar-refractivity contribution is 7.89. The maximum absolute atomic E-state index is 12.3. The van der Waals surface area contributed by atoms with Gasteiger partial charge in [-0.05, 0) is 37.8 Å². The first-order valence-corrected chi connectivity index (χ1v) is 7.74. The normalized spacial score (nSPS) is 19.5. The van der Waals surface area contributed by atoms with Crippen molar-refractivity contribution in [1.82, 2.24) is 4.72 Å². The van der Waals surface area contributed by atoms with Crippen LogP contribution in [-0.2, 0) is 10.0 Å². The molecule has 3 N–H and O–H groups in total. The van der Waals surface area contributed by atoms with Crippen LogP contribution < -0.4 is 10.5 Å². The second-order valence-electron chi connectivity index (χ2n) is 4.93. The van der Waals surface area contributed by atoms with E-state index in [1.165, 1.54) is 6.07 Å². The predicted octanol–water partition coefficient (Wildman–Crippen LogP) is 1.75. The molecule has 1 aromatic rings. The number of benzene rings is 1. The fourth-order valence-corrected chi connectivity index (χ4v) is 4.03. The van der Waals surface area contributed by atoms with Crippen LogP contribution in [0.4, 0.5) is 0 Å². The number of rotatable bonds is 5. The fourth-order valence-electron chi connectivity index (χ4n) is 2.04. The average Bonchev–Trinajstić information content (AvgIpc) is 3.12. The first kappa shape index (κ1) is 13.8. The van der Waals surface area contributed by atoms with Gasteiger partial charge in [0.25, 0.3) is 0 Å². The van der Waals surface area contributed by atoms with Gasteiger partial charge in [0.1, 0.15) is 4.90 Å². The summed E-state index contributed by atoms with van der Waals surface area (Å²) in [7, 11) is -3.63. The number of sulfonamides is 1. The number of hydrogen-bond acceptors (Lipinski definition) is 3. The Bertz CT molecular complexity index is 543. The second-order valence-corrected chi connectivity index (χ2v) is 6.99. The third-order valence-electron chi connectivity index (χ3n) is 3.40. The summed E-state index contributed by atoms with van der Waals surface area (Å²) in [6.45, 7) is 2.13. The molecule has 1 aliphatic carbocycles. The Balaban J connectivity index is 2.30. The first-order valence-electron chi connectivity index (χ1n) is 5.87. The minimum atomic E-state index is -3.63. The summed E-state index contributed by atoms with van der Waals surface area (Å²) >= 11 is 5.93. The highest BCUT2D eigenvalue weighted by Gasteiger charge is 2.43. The molecule has 0 aromatic heterocycles. The largest absolute Gasteiger partial charge is 0.329 e. The van der Waals surface area contributed by atoms with Crippen LogP contribution in [0.2, 0.25) is 5.02 Å². The first-order chi connectivity index (χ1) is 8.39. The van der Waals surface area contributed by atoms with E-state index >= 15 is 0 Å². The van der Waals surface area contributed by atoms with E-state index in [0.717, 1.165) is 12.8 Å². The van der Waals surface area contributed by atoms with Crippen molar-refractivity contribution in [3.63, 3.8) is 0 Å². The Kier molecular flexibility index (Phi) is 3.69. The number of hydrogen-bond donors (Lipinski definition) is 2. The lowest BCUT2D eigenvalue weighted by Gasteiger charge is -2.29. The van der Waals surface area contributed by atoms with E-state index in [2.05, 4.69) is 4.72 Å². The molecule has 1 saturated carbocycles. The molecule has 0 heterocycles. The zero-order chi connectivity index (χ0) is 13.4. The van der Waals surface area contributed by atoms with Gasteiger partial charge in [0, 0.05) is 12.1 Å². The summed E-state index contributed by atoms with van der Waals surface area (Å²) in [4.78, 5) is 0.104. The Labute approximate surface area is 113 Å². The molecule has 0 bridgehead atoms. The quantitative estimate of drug-likeness (QED) is 0.867. The smallest absolute Gasteiger partial charge is 0.242 e. The van der Waals surface area contributed by atoms with Crippen molar-refractivity contribution in [1.29, 1.82) is 0 Å². The zero-order valence-corrected chi connectivity index (χ0v) is 11.8. The van der Waals surface area contributed by atoms with Gasteiger partial charge in [-0.1, -0.05) is 23.7 Å². The topological polar surface area (TPSA) is 72.2 Å². The van der Waals surface area contributed by atoms with Gasteiger partial charge < -0.3 is 5.73 Å². The van der Waals surface area contributed by atoms with Gasteiger partial charge in [-0.3, -0.25) is 0 Å². The lowest BCUT2D eigenvalue weighted by molar-refractivity contribution is 0.374. The summed E-state index contributed by atoms with van der Waals surface area (Å²) in [5, 5.41) is 0.222. The van der Waals surface area contributed by atoms with E-state index < -0.39 is 15.6 Å². The number of nitrogens with one attached hydrogen (secondary N) is 1. The Morgan fingerprint density at radius 1 is 1.44 bits per heavy atom. The van der Waals surface area contributed by atoms with Crippen LogP contribution in [0, 0.1) is 5.92 Å². The molecule has 1 fully saturated rings. The molecule has 0 aliphatic heterocycles. The zero-order valence-electron chi connectivity index (χ0n) is 10.2. The number of halogens is 1. The van der Waals surface area contributed by atoms with Gasteiger partial charge >= 0.3 is 0 Å². The molecule has 0 saturated heterocycles. The van der Waals surface area contributed by atoms with Gasteiger partial charge in [-0.2, -0.15) is 0 Å². The fraction of sp³-hybridized carbons (Fsp3) is 0.500. The van der Waals surface area contributed by atoms with Crippen LogP contribution in [0.3, 0.4) is 0 Å². The van der Waals surface area contributed by atoms with E-state index in [1.807, 2.05) is 6.92 Å². The van der Waals surface area contributed by atoms with E-state index in [4.69, 9.17) is 17.3 Å². The maximum atomic E-state index is 12.3. The van der Waals surface area contributed by atoms with Gasteiger partial charge in [0.2, 0.25) is 10.0 Å². The molecule has 100 valence electrons. The lowest BCUT2D eigenvalue weighted by atomic mass is 9.98. The molecule has 4 nitrogen and oxygen atoms in total. The molecule has 18 heavy (non-hydrogen) atoms. The molecule has 1 aliphatic rings. The summed E-state index contributed by atoms with van der Waals surface area (Å²) in [5.41, 5.74) is 5.13. The predicted molar refractivity (Wildman–Crippen MR) is 72.0 cm³/mol. The Morgan fingerprint density at radius 3 is 2.56 bits per heavy atom. The van der Waals surface area contributed by atoms with E-state index in [-0.39, 0.29) is 16.5 Å². The van der Waals surface area contributed by atoms with Crippen LogP contribution in [0.15, 0.2) is 29.2 Å². The molecular formula is C12H17ClN2O2S. The van der Waals surface area contributed by atoms with Crippen molar-refractivity contribution in [3.05, 3.63) is 29.3 Å². The van der Waals surface area contributed by atoms with E-state index in [9.17, 15) is 8.42 Å². The van der Waals surface area contributed by atoms with Gasteiger partial charge in [-0.25, -0.2) is 13.1 Å². The number of nitrogens with two attached hydrogens (primary N) is 1. The van der Waals surface area contributed by atoms with Crippen LogP contribution in [0.5, 0.6) is 0 Å². The third kappa shape index (κ3) is 2.69. The monoisotopic (exact) mass is 288 g/mol. The van der Waals surface area contributed by atoms with E-state index in [1.54, 1.807) is 18.2 Å². The second kappa shape index (κ2) is 4.81. The lowest BCUT2D eigenvalue weighted by Crippen LogP contribution is -2.53. The molecule has 2 rings (SSSR count). The van der Waals surface area contributed by atoms with Gasteiger partial charge in [-0.15, -0.1) is 0 Å². The molecule has 1 unspecified atom stereocenters. The van der Waals surface area contributed by atoms with Crippen molar-refractivity contribution in [2.45, 2.75) is 30.2 Å². The van der Waals surface area contributed by atoms with Crippen LogP contribution >= 0.6 is 11.6 Å². The molecule has 6 heteroatoms. The average molecular weight is 289 g/mol. The summed E-state index contributed by atoms with van der Waals surface area (Å²) in [6, 6.07) is 6.41. The summed E-state index contributed by atoms with van der Waals surface area (Å²) < 4.78 is 27.3. The van der Waals surface area contributed by atoms with Crippen molar-refractivity contribution in [2.75, 3.05) is 6.54 Å². The molecule has 1 atom stereocenters. The molecular weight excluding hydrogens is 272 g/mol. The highest BCUT2D eigenvalue weighted by atomic mass is 35.5. The van der Waals surface area contributed by atoms with Crippen LogP contribution in [0.1, 0.15) is 19.8 Å². The molecule has 0 amide bonds. The van der Waals surface area contributed by atoms with Crippen LogP contribution in [-0.4, -0.2) is 20.5 Å². The SMILES string of the molecule is CC(CN)(NS(=O)(=O)c1ccccc1Cl)C1CC1. The Morgan fingerprint density at radius 2 is 2.06 bits per heavy atom.